The summed E-state index contributed by atoms with van der Waals surface area (Å²) < 4.78 is 10.4. The monoisotopic (exact) mass is 491 g/mol. The quantitative estimate of drug-likeness (QED) is 0.414. The van der Waals surface area contributed by atoms with Crippen molar-refractivity contribution in [1.82, 2.24) is 10.3 Å². The number of nitrogens with one attached hydrogen (secondary N) is 2. The van der Waals surface area contributed by atoms with Gasteiger partial charge in [0, 0.05) is 26.9 Å². The number of hydrogen-bond donors (Lipinski definition) is 2. The molecule has 0 aliphatic carbocycles. The maximum Gasteiger partial charge on any atom is 0.327 e. The molecule has 1 aromatic heterocycles. The number of carbonyl (C=O) groups excluding carboxylic acids is 2. The van der Waals surface area contributed by atoms with Crippen molar-refractivity contribution in [3.8, 4) is 11.5 Å². The molecule has 0 fully saturated rings. The highest BCUT2D eigenvalue weighted by Crippen LogP contribution is 2.29. The molecular formula is C22H19Cl2N3O4S. The Morgan fingerprint density at radius 3 is 2.34 bits per heavy atom. The van der Waals surface area contributed by atoms with Crippen molar-refractivity contribution in [2.24, 2.45) is 0 Å². The van der Waals surface area contributed by atoms with Gasteiger partial charge < -0.3 is 9.47 Å². The number of methoxy groups -OCH3 is 2. The summed E-state index contributed by atoms with van der Waals surface area (Å²) in [6.07, 6.45) is 1.62. The summed E-state index contributed by atoms with van der Waals surface area (Å²) in [5.41, 5.74) is 1.07. The van der Waals surface area contributed by atoms with Crippen LogP contribution in [0.5, 0.6) is 11.5 Å². The Morgan fingerprint density at radius 2 is 1.75 bits per heavy atom. The zero-order valence-corrected chi connectivity index (χ0v) is 19.5. The molecule has 3 amide bonds. The van der Waals surface area contributed by atoms with Gasteiger partial charge in [-0.2, -0.15) is 0 Å². The first kappa shape index (κ1) is 23.7. The second kappa shape index (κ2) is 11.1. The van der Waals surface area contributed by atoms with E-state index in [0.717, 1.165) is 10.5 Å². The van der Waals surface area contributed by atoms with Crippen LogP contribution in [-0.4, -0.2) is 31.1 Å². The first-order valence-electron chi connectivity index (χ1n) is 9.27. The summed E-state index contributed by atoms with van der Waals surface area (Å²) in [7, 11) is 2.85. The number of amides is 3. The van der Waals surface area contributed by atoms with E-state index in [1.165, 1.54) is 26.0 Å². The Bertz CT molecular complexity index is 1100. The van der Waals surface area contributed by atoms with E-state index in [0.29, 0.717) is 15.8 Å². The normalized spacial score (nSPS) is 10.4. The van der Waals surface area contributed by atoms with E-state index in [-0.39, 0.29) is 22.9 Å². The molecule has 2 N–H and O–H groups in total. The van der Waals surface area contributed by atoms with E-state index < -0.39 is 11.9 Å². The number of pyridine rings is 1. The molecule has 0 unspecified atom stereocenters. The van der Waals surface area contributed by atoms with Crippen LogP contribution in [0.15, 0.2) is 59.6 Å². The van der Waals surface area contributed by atoms with E-state index in [2.05, 4.69) is 15.6 Å². The number of benzene rings is 2. The van der Waals surface area contributed by atoms with Gasteiger partial charge in [-0.1, -0.05) is 35.3 Å². The highest BCUT2D eigenvalue weighted by Gasteiger charge is 2.20. The molecule has 0 aliphatic heterocycles. The van der Waals surface area contributed by atoms with Gasteiger partial charge in [0.25, 0.3) is 5.91 Å². The Hall–Kier alpha value is -2.94. The van der Waals surface area contributed by atoms with E-state index in [4.69, 9.17) is 32.7 Å². The molecular weight excluding hydrogens is 473 g/mol. The van der Waals surface area contributed by atoms with Crippen LogP contribution in [0.2, 0.25) is 10.0 Å². The van der Waals surface area contributed by atoms with E-state index in [1.54, 1.807) is 42.6 Å². The minimum absolute atomic E-state index is 0.119. The largest absolute Gasteiger partial charge is 0.496 e. The van der Waals surface area contributed by atoms with Crippen LogP contribution in [0.25, 0.3) is 0 Å². The first-order valence-corrected chi connectivity index (χ1v) is 11.0. The van der Waals surface area contributed by atoms with Crippen LogP contribution < -0.4 is 20.1 Å². The molecule has 32 heavy (non-hydrogen) atoms. The lowest BCUT2D eigenvalue weighted by atomic mass is 10.1. The molecule has 10 heteroatoms. The molecule has 2 aromatic carbocycles. The van der Waals surface area contributed by atoms with Crippen molar-refractivity contribution >= 4 is 52.7 Å². The van der Waals surface area contributed by atoms with Gasteiger partial charge in [0.15, 0.2) is 0 Å². The Labute approximate surface area is 199 Å². The average Bonchev–Trinajstić information content (AvgIpc) is 2.78. The molecule has 3 rings (SSSR count). The molecule has 166 valence electrons. The van der Waals surface area contributed by atoms with Crippen LogP contribution in [0, 0.1) is 0 Å². The SMILES string of the molecule is COc1cccc(OC)c1C(=O)NC(=O)Nc1ccc(SCc2ccc(Cl)cc2Cl)cn1. The summed E-state index contributed by atoms with van der Waals surface area (Å²) in [6, 6.07) is 13.0. The van der Waals surface area contributed by atoms with Gasteiger partial charge in [-0.25, -0.2) is 9.78 Å². The molecule has 0 spiro atoms. The number of anilines is 1. The highest BCUT2D eigenvalue weighted by molar-refractivity contribution is 7.98. The van der Waals surface area contributed by atoms with Gasteiger partial charge in [0.2, 0.25) is 0 Å². The highest BCUT2D eigenvalue weighted by atomic mass is 35.5. The fraction of sp³-hybridized carbons (Fsp3) is 0.136. The molecule has 0 saturated carbocycles. The van der Waals surface area contributed by atoms with Gasteiger partial charge in [0.1, 0.15) is 22.9 Å². The molecule has 0 bridgehead atoms. The second-order valence-electron chi connectivity index (χ2n) is 6.35. The van der Waals surface area contributed by atoms with Crippen molar-refractivity contribution in [3.05, 3.63) is 75.9 Å². The fourth-order valence-electron chi connectivity index (χ4n) is 2.73. The number of aromatic nitrogens is 1. The molecule has 1 heterocycles. The van der Waals surface area contributed by atoms with Gasteiger partial charge in [0.05, 0.1) is 14.2 Å². The van der Waals surface area contributed by atoms with Crippen molar-refractivity contribution < 1.29 is 19.1 Å². The lowest BCUT2D eigenvalue weighted by Gasteiger charge is -2.12. The number of urea groups is 1. The standard InChI is InChI=1S/C22H19Cl2N3O4S/c1-30-17-4-3-5-18(31-2)20(17)21(28)27-22(29)26-19-9-8-15(11-25-19)32-12-13-6-7-14(23)10-16(13)24/h3-11H,12H2,1-2H3,(H2,25,26,27,28,29). The second-order valence-corrected chi connectivity index (χ2v) is 8.24. The van der Waals surface area contributed by atoms with Crippen LogP contribution in [0.4, 0.5) is 10.6 Å². The smallest absolute Gasteiger partial charge is 0.327 e. The fourth-order valence-corrected chi connectivity index (χ4v) is 4.15. The van der Waals surface area contributed by atoms with Crippen LogP contribution in [0.1, 0.15) is 15.9 Å². The van der Waals surface area contributed by atoms with Crippen LogP contribution >= 0.6 is 35.0 Å². The van der Waals surface area contributed by atoms with Gasteiger partial charge in [-0.05, 0) is 42.0 Å². The number of nitrogens with zero attached hydrogens (tertiary/aromatic N) is 1. The van der Waals surface area contributed by atoms with Crippen LogP contribution in [-0.2, 0) is 5.75 Å². The zero-order valence-electron chi connectivity index (χ0n) is 17.1. The minimum atomic E-state index is -0.733. The summed E-state index contributed by atoms with van der Waals surface area (Å²) >= 11 is 13.6. The Morgan fingerprint density at radius 1 is 1.03 bits per heavy atom. The molecule has 0 radical (unpaired) electrons. The minimum Gasteiger partial charge on any atom is -0.496 e. The van der Waals surface area contributed by atoms with Gasteiger partial charge in [-0.15, -0.1) is 11.8 Å². The first-order chi connectivity index (χ1) is 15.4. The van der Waals surface area contributed by atoms with Gasteiger partial charge in [-0.3, -0.25) is 15.4 Å². The maximum atomic E-state index is 12.6. The molecule has 0 aliphatic rings. The molecule has 3 aromatic rings. The molecule has 0 saturated heterocycles. The zero-order chi connectivity index (χ0) is 23.1. The van der Waals surface area contributed by atoms with E-state index in [9.17, 15) is 9.59 Å². The van der Waals surface area contributed by atoms with E-state index >= 15 is 0 Å². The lowest BCUT2D eigenvalue weighted by Crippen LogP contribution is -2.35. The van der Waals surface area contributed by atoms with Crippen molar-refractivity contribution in [2.45, 2.75) is 10.6 Å². The summed E-state index contributed by atoms with van der Waals surface area (Å²) in [5.74, 6) is 0.838. The number of imide groups is 1. The predicted molar refractivity (Wildman–Crippen MR) is 126 cm³/mol. The van der Waals surface area contributed by atoms with E-state index in [1.807, 2.05) is 12.1 Å². The summed E-state index contributed by atoms with van der Waals surface area (Å²) in [4.78, 5) is 29.9. The third-order valence-electron chi connectivity index (χ3n) is 4.27. The third-order valence-corrected chi connectivity index (χ3v) is 5.89. The topological polar surface area (TPSA) is 89.5 Å². The van der Waals surface area contributed by atoms with Crippen molar-refractivity contribution in [2.75, 3.05) is 19.5 Å². The number of rotatable bonds is 7. The number of carbonyl (C=O) groups is 2. The summed E-state index contributed by atoms with van der Waals surface area (Å²) in [5, 5.41) is 5.96. The Kier molecular flexibility index (Phi) is 8.21. The van der Waals surface area contributed by atoms with Crippen molar-refractivity contribution in [1.29, 1.82) is 0 Å². The summed E-state index contributed by atoms with van der Waals surface area (Å²) in [6.45, 7) is 0. The third kappa shape index (κ3) is 6.06. The molecule has 7 nitrogen and oxygen atoms in total. The average molecular weight is 492 g/mol. The number of halogens is 2. The number of hydrogen-bond acceptors (Lipinski definition) is 6. The lowest BCUT2D eigenvalue weighted by molar-refractivity contribution is 0.0961. The molecule has 0 atom stereocenters. The van der Waals surface area contributed by atoms with Crippen LogP contribution in [0.3, 0.4) is 0 Å². The Balaban J connectivity index is 1.58. The van der Waals surface area contributed by atoms with Crippen molar-refractivity contribution in [3.63, 3.8) is 0 Å². The number of ether oxygens (including phenoxy) is 2. The number of thioether (sulfide) groups is 1. The maximum absolute atomic E-state index is 12.6. The predicted octanol–water partition coefficient (Wildman–Crippen LogP) is 5.66. The van der Waals surface area contributed by atoms with Gasteiger partial charge >= 0.3 is 6.03 Å².